The lowest BCUT2D eigenvalue weighted by atomic mass is 10.2. The number of rotatable bonds is 5. The van der Waals surface area contributed by atoms with Crippen LogP contribution in [0.15, 0.2) is 27.6 Å². The molecular formula is C12H17BrCl2N2O2S. The lowest BCUT2D eigenvalue weighted by Gasteiger charge is -2.26. The van der Waals surface area contributed by atoms with Crippen molar-refractivity contribution in [2.75, 3.05) is 13.6 Å². The molecule has 114 valence electrons. The molecule has 0 bridgehead atoms. The molecule has 1 unspecified atom stereocenters. The van der Waals surface area contributed by atoms with Gasteiger partial charge in [-0.15, -0.1) is 12.4 Å². The molecule has 0 aliphatic heterocycles. The van der Waals surface area contributed by atoms with E-state index in [0.29, 0.717) is 22.0 Å². The highest BCUT2D eigenvalue weighted by Crippen LogP contribution is 2.36. The van der Waals surface area contributed by atoms with E-state index in [1.54, 1.807) is 13.1 Å². The van der Waals surface area contributed by atoms with Crippen LogP contribution in [0.2, 0.25) is 5.02 Å². The molecule has 2 rings (SSSR count). The fourth-order valence-corrected chi connectivity index (χ4v) is 4.20. The van der Waals surface area contributed by atoms with E-state index in [0.717, 1.165) is 12.8 Å². The maximum absolute atomic E-state index is 12.5. The zero-order chi connectivity index (χ0) is 14.2. The molecule has 0 aromatic heterocycles. The van der Waals surface area contributed by atoms with Crippen molar-refractivity contribution in [3.63, 3.8) is 0 Å². The maximum atomic E-state index is 12.5. The number of hydrogen-bond acceptors (Lipinski definition) is 3. The first-order chi connectivity index (χ1) is 8.87. The van der Waals surface area contributed by atoms with Gasteiger partial charge < -0.3 is 5.73 Å². The highest BCUT2D eigenvalue weighted by Gasteiger charge is 2.38. The van der Waals surface area contributed by atoms with Gasteiger partial charge in [-0.1, -0.05) is 11.6 Å². The first-order valence-corrected chi connectivity index (χ1v) is 8.62. The predicted octanol–water partition coefficient (Wildman–Crippen LogP) is 2.88. The third-order valence-corrected chi connectivity index (χ3v) is 6.54. The molecule has 20 heavy (non-hydrogen) atoms. The number of benzene rings is 1. The van der Waals surface area contributed by atoms with Crippen molar-refractivity contribution < 1.29 is 8.42 Å². The van der Waals surface area contributed by atoms with Crippen LogP contribution < -0.4 is 5.73 Å². The van der Waals surface area contributed by atoms with Crippen molar-refractivity contribution in [1.29, 1.82) is 0 Å². The monoisotopic (exact) mass is 402 g/mol. The van der Waals surface area contributed by atoms with E-state index in [1.165, 1.54) is 16.4 Å². The summed E-state index contributed by atoms with van der Waals surface area (Å²) in [4.78, 5) is 0.227. The molecule has 0 heterocycles. The Balaban J connectivity index is 0.00000200. The Morgan fingerprint density at radius 2 is 2.10 bits per heavy atom. The second kappa shape index (κ2) is 6.94. The molecule has 1 fully saturated rings. The molecule has 1 atom stereocenters. The van der Waals surface area contributed by atoms with Gasteiger partial charge in [0.25, 0.3) is 0 Å². The van der Waals surface area contributed by atoms with Gasteiger partial charge in [0.05, 0.1) is 9.92 Å². The number of halogens is 3. The fraction of sp³-hybridized carbons (Fsp3) is 0.500. The van der Waals surface area contributed by atoms with Crippen molar-refractivity contribution in [2.45, 2.75) is 23.8 Å². The summed E-state index contributed by atoms with van der Waals surface area (Å²) >= 11 is 9.13. The van der Waals surface area contributed by atoms with Crippen LogP contribution in [0.3, 0.4) is 0 Å². The molecule has 0 amide bonds. The standard InChI is InChI=1S/C12H16BrClN2O2S.ClH/c1-16(12(7-15)8-2-3-8)19(17,18)9-4-5-11(14)10(13)6-9;/h4-6,8,12H,2-3,7,15H2,1H3;1H. The minimum Gasteiger partial charge on any atom is -0.329 e. The molecule has 2 N–H and O–H groups in total. The Bertz CT molecular complexity index is 579. The minimum atomic E-state index is -3.53. The van der Waals surface area contributed by atoms with Gasteiger partial charge in [-0.2, -0.15) is 4.31 Å². The molecular weight excluding hydrogens is 387 g/mol. The summed E-state index contributed by atoms with van der Waals surface area (Å²) in [5.74, 6) is 0.389. The van der Waals surface area contributed by atoms with E-state index >= 15 is 0 Å². The van der Waals surface area contributed by atoms with Gasteiger partial charge in [0.2, 0.25) is 10.0 Å². The second-order valence-electron chi connectivity index (χ2n) is 4.74. The van der Waals surface area contributed by atoms with Gasteiger partial charge in [-0.25, -0.2) is 8.42 Å². The molecule has 1 aromatic rings. The van der Waals surface area contributed by atoms with Gasteiger partial charge in [-0.3, -0.25) is 0 Å². The predicted molar refractivity (Wildman–Crippen MR) is 86.9 cm³/mol. The topological polar surface area (TPSA) is 63.4 Å². The van der Waals surface area contributed by atoms with Crippen molar-refractivity contribution in [3.8, 4) is 0 Å². The lowest BCUT2D eigenvalue weighted by molar-refractivity contribution is 0.340. The Morgan fingerprint density at radius 3 is 2.55 bits per heavy atom. The fourth-order valence-electron chi connectivity index (χ4n) is 2.10. The summed E-state index contributed by atoms with van der Waals surface area (Å²) in [6.45, 7) is 0.342. The van der Waals surface area contributed by atoms with Crippen LogP contribution in [0.25, 0.3) is 0 Å². The van der Waals surface area contributed by atoms with Crippen LogP contribution in [0, 0.1) is 5.92 Å². The normalized spacial score (nSPS) is 16.9. The highest BCUT2D eigenvalue weighted by molar-refractivity contribution is 9.10. The van der Waals surface area contributed by atoms with E-state index in [-0.39, 0.29) is 23.3 Å². The van der Waals surface area contributed by atoms with Crippen molar-refractivity contribution in [2.24, 2.45) is 11.7 Å². The van der Waals surface area contributed by atoms with Gasteiger partial charge in [0, 0.05) is 24.1 Å². The first-order valence-electron chi connectivity index (χ1n) is 6.01. The Labute approximate surface area is 139 Å². The van der Waals surface area contributed by atoms with E-state index in [4.69, 9.17) is 17.3 Å². The summed E-state index contributed by atoms with van der Waals surface area (Å²) in [6, 6.07) is 4.48. The largest absolute Gasteiger partial charge is 0.329 e. The third kappa shape index (κ3) is 3.67. The van der Waals surface area contributed by atoms with E-state index in [2.05, 4.69) is 15.9 Å². The van der Waals surface area contributed by atoms with Crippen LogP contribution in [0.4, 0.5) is 0 Å². The van der Waals surface area contributed by atoms with Gasteiger partial charge in [0.1, 0.15) is 0 Å². The van der Waals surface area contributed by atoms with Gasteiger partial charge in [-0.05, 0) is 52.9 Å². The average Bonchev–Trinajstić information content (AvgIpc) is 3.17. The minimum absolute atomic E-state index is 0. The molecule has 1 saturated carbocycles. The Kier molecular flexibility index (Phi) is 6.32. The number of nitrogens with two attached hydrogens (primary N) is 1. The summed E-state index contributed by atoms with van der Waals surface area (Å²) in [5, 5.41) is 0.485. The van der Waals surface area contributed by atoms with Crippen molar-refractivity contribution >= 4 is 50.0 Å². The molecule has 8 heteroatoms. The second-order valence-corrected chi connectivity index (χ2v) is 8.00. The zero-order valence-corrected chi connectivity index (χ0v) is 14.9. The highest BCUT2D eigenvalue weighted by atomic mass is 79.9. The summed E-state index contributed by atoms with van der Waals surface area (Å²) < 4.78 is 27.0. The molecule has 1 aromatic carbocycles. The van der Waals surface area contributed by atoms with E-state index in [9.17, 15) is 8.42 Å². The van der Waals surface area contributed by atoms with Crippen molar-refractivity contribution in [1.82, 2.24) is 4.31 Å². The van der Waals surface area contributed by atoms with Gasteiger partial charge >= 0.3 is 0 Å². The van der Waals surface area contributed by atoms with E-state index < -0.39 is 10.0 Å². The number of sulfonamides is 1. The van der Waals surface area contributed by atoms with Crippen molar-refractivity contribution in [3.05, 3.63) is 27.7 Å². The van der Waals surface area contributed by atoms with Crippen LogP contribution in [-0.4, -0.2) is 32.4 Å². The van der Waals surface area contributed by atoms with Gasteiger partial charge in [0.15, 0.2) is 0 Å². The number of likely N-dealkylation sites (N-methyl/N-ethyl adjacent to an activating group) is 1. The molecule has 1 aliphatic rings. The summed E-state index contributed by atoms with van der Waals surface area (Å²) in [6.07, 6.45) is 2.10. The number of hydrogen-bond donors (Lipinski definition) is 1. The third-order valence-electron chi connectivity index (χ3n) is 3.44. The molecule has 0 spiro atoms. The lowest BCUT2D eigenvalue weighted by Crippen LogP contribution is -2.43. The maximum Gasteiger partial charge on any atom is 0.243 e. The molecule has 0 saturated heterocycles. The SMILES string of the molecule is CN(C(CN)C1CC1)S(=O)(=O)c1ccc(Cl)c(Br)c1.Cl. The quantitative estimate of drug-likeness (QED) is 0.821. The number of nitrogens with zero attached hydrogens (tertiary/aromatic N) is 1. The summed E-state index contributed by atoms with van der Waals surface area (Å²) in [7, 11) is -1.94. The molecule has 4 nitrogen and oxygen atoms in total. The van der Waals surface area contributed by atoms with E-state index in [1.807, 2.05) is 0 Å². The van der Waals surface area contributed by atoms with Crippen LogP contribution in [0.1, 0.15) is 12.8 Å². The average molecular weight is 404 g/mol. The smallest absolute Gasteiger partial charge is 0.243 e. The molecule has 0 radical (unpaired) electrons. The first kappa shape index (κ1) is 18.2. The zero-order valence-electron chi connectivity index (χ0n) is 10.9. The summed E-state index contributed by atoms with van der Waals surface area (Å²) in [5.41, 5.74) is 5.71. The van der Waals surface area contributed by atoms with Crippen LogP contribution in [0.5, 0.6) is 0 Å². The Hall–Kier alpha value is 0.150. The molecule has 1 aliphatic carbocycles. The van der Waals surface area contributed by atoms with Crippen LogP contribution in [-0.2, 0) is 10.0 Å². The Morgan fingerprint density at radius 1 is 1.50 bits per heavy atom. The van der Waals surface area contributed by atoms with Crippen LogP contribution >= 0.6 is 39.9 Å².